The van der Waals surface area contributed by atoms with Crippen LogP contribution in [0.4, 0.5) is 0 Å². The second kappa shape index (κ2) is 5.72. The summed E-state index contributed by atoms with van der Waals surface area (Å²) >= 11 is 0. The number of ketones is 1. The number of hydrogen-bond donors (Lipinski definition) is 2. The molecule has 0 rings (SSSR count). The maximum absolute atomic E-state index is 11.1. The van der Waals surface area contributed by atoms with Crippen molar-refractivity contribution in [3.63, 3.8) is 0 Å². The molecule has 5 heteroatoms. The van der Waals surface area contributed by atoms with Gasteiger partial charge in [-0.25, -0.2) is 0 Å². The molecule has 0 aliphatic rings. The lowest BCUT2D eigenvalue weighted by Crippen LogP contribution is -2.52. The Hall–Kier alpha value is -0.940. The van der Waals surface area contributed by atoms with Crippen molar-refractivity contribution in [3.8, 4) is 0 Å². The minimum Gasteiger partial charge on any atom is -0.309 e. The van der Waals surface area contributed by atoms with Crippen LogP contribution >= 0.6 is 0 Å². The molecule has 0 atom stereocenters. The van der Waals surface area contributed by atoms with Gasteiger partial charge in [-0.2, -0.15) is 0 Å². The Morgan fingerprint density at radius 1 is 1.21 bits per heavy atom. The molecule has 0 saturated heterocycles. The summed E-state index contributed by atoms with van der Waals surface area (Å²) in [6.07, 6.45) is -0.0282. The van der Waals surface area contributed by atoms with Crippen molar-refractivity contribution in [2.45, 2.75) is 13.3 Å². The molecular formula is C9H20N3O2+. The van der Waals surface area contributed by atoms with Crippen LogP contribution in [0.2, 0.25) is 0 Å². The summed E-state index contributed by atoms with van der Waals surface area (Å²) < 4.78 is 0.639. The highest BCUT2D eigenvalue weighted by Gasteiger charge is 2.15. The van der Waals surface area contributed by atoms with Gasteiger partial charge in [-0.1, -0.05) is 0 Å². The zero-order valence-corrected chi connectivity index (χ0v) is 9.39. The quantitative estimate of drug-likeness (QED) is 0.340. The first-order chi connectivity index (χ1) is 6.37. The average molecular weight is 202 g/mol. The van der Waals surface area contributed by atoms with E-state index in [1.807, 2.05) is 21.1 Å². The van der Waals surface area contributed by atoms with Crippen molar-refractivity contribution in [1.29, 1.82) is 0 Å². The van der Waals surface area contributed by atoms with Crippen molar-refractivity contribution in [1.82, 2.24) is 10.6 Å². The van der Waals surface area contributed by atoms with E-state index in [0.717, 1.165) is 6.67 Å². The van der Waals surface area contributed by atoms with E-state index in [4.69, 9.17) is 0 Å². The molecule has 0 heterocycles. The number of quaternary nitrogens is 1. The van der Waals surface area contributed by atoms with Gasteiger partial charge < -0.3 is 5.32 Å². The van der Waals surface area contributed by atoms with Gasteiger partial charge >= 0.3 is 0 Å². The summed E-state index contributed by atoms with van der Waals surface area (Å²) in [7, 11) is 5.84. The molecule has 82 valence electrons. The average Bonchev–Trinajstić information content (AvgIpc) is 2.00. The fourth-order valence-corrected chi connectivity index (χ4v) is 1.07. The highest BCUT2D eigenvalue weighted by molar-refractivity contribution is 5.96. The van der Waals surface area contributed by atoms with Gasteiger partial charge in [-0.15, -0.1) is 0 Å². The van der Waals surface area contributed by atoms with Crippen LogP contribution in [0.3, 0.4) is 0 Å². The molecule has 5 nitrogen and oxygen atoms in total. The highest BCUT2D eigenvalue weighted by atomic mass is 16.2. The number of nitrogens with one attached hydrogen (secondary N) is 2. The maximum atomic E-state index is 11.1. The number of nitrogens with zero attached hydrogens (tertiary/aromatic N) is 1. The molecule has 0 aromatic carbocycles. The van der Waals surface area contributed by atoms with Crippen LogP contribution in [0.1, 0.15) is 13.3 Å². The number of hydrogen-bond acceptors (Lipinski definition) is 3. The Morgan fingerprint density at radius 3 is 2.21 bits per heavy atom. The smallest absolute Gasteiger partial charge is 0.231 e. The Balaban J connectivity index is 3.81. The van der Waals surface area contributed by atoms with E-state index >= 15 is 0 Å². The van der Waals surface area contributed by atoms with E-state index in [1.165, 1.54) is 6.92 Å². The summed E-state index contributed by atoms with van der Waals surface area (Å²) in [5.74, 6) is -0.318. The molecule has 0 aliphatic heterocycles. The summed E-state index contributed by atoms with van der Waals surface area (Å²) in [6, 6.07) is 0. The molecule has 14 heavy (non-hydrogen) atoms. The summed E-state index contributed by atoms with van der Waals surface area (Å²) in [5, 5.41) is 5.74. The fraction of sp³-hybridized carbons (Fsp3) is 0.778. The third-order valence-corrected chi connectivity index (χ3v) is 1.70. The second-order valence-electron chi connectivity index (χ2n) is 4.08. The van der Waals surface area contributed by atoms with Gasteiger partial charge in [0.05, 0.1) is 20.5 Å². The highest BCUT2D eigenvalue weighted by Crippen LogP contribution is 1.91. The van der Waals surface area contributed by atoms with Crippen LogP contribution in [0, 0.1) is 0 Å². The Bertz CT molecular complexity index is 214. The molecule has 0 fully saturated rings. The number of Topliss-reactive ketones (excluding diaryl/α,β-unsaturated/α-hetero) is 1. The van der Waals surface area contributed by atoms with Gasteiger partial charge in [-0.3, -0.25) is 19.4 Å². The minimum atomic E-state index is -0.209. The lowest BCUT2D eigenvalue weighted by atomic mass is 10.3. The van der Waals surface area contributed by atoms with Crippen LogP contribution in [-0.4, -0.2) is 50.7 Å². The van der Waals surface area contributed by atoms with E-state index in [0.29, 0.717) is 11.2 Å². The number of rotatable bonds is 6. The monoisotopic (exact) mass is 202 g/mol. The van der Waals surface area contributed by atoms with Gasteiger partial charge in [0.1, 0.15) is 12.5 Å². The van der Waals surface area contributed by atoms with Crippen LogP contribution in [0.15, 0.2) is 0 Å². The van der Waals surface area contributed by atoms with Gasteiger partial charge in [0, 0.05) is 0 Å². The molecule has 0 aromatic heterocycles. The predicted molar refractivity (Wildman–Crippen MR) is 54.3 cm³/mol. The first-order valence-electron chi connectivity index (χ1n) is 4.60. The third-order valence-electron chi connectivity index (χ3n) is 1.70. The molecule has 0 radical (unpaired) electrons. The first kappa shape index (κ1) is 13.1. The fourth-order valence-electron chi connectivity index (χ4n) is 1.07. The summed E-state index contributed by atoms with van der Waals surface area (Å²) in [4.78, 5) is 21.8. The first-order valence-corrected chi connectivity index (χ1v) is 4.60. The van der Waals surface area contributed by atoms with E-state index in [9.17, 15) is 9.59 Å². The standard InChI is InChI=1S/C9H19N3O2/c1-8(13)5-9(14)11-7-12(3,4)6-10-2/h10H,5-7H2,1-4H3/p+1. The van der Waals surface area contributed by atoms with E-state index < -0.39 is 0 Å². The molecule has 0 bridgehead atoms. The topological polar surface area (TPSA) is 58.2 Å². The van der Waals surface area contributed by atoms with Gasteiger partial charge in [0.2, 0.25) is 5.91 Å². The zero-order valence-electron chi connectivity index (χ0n) is 9.39. The molecule has 0 unspecified atom stereocenters. The molecule has 1 amide bonds. The maximum Gasteiger partial charge on any atom is 0.231 e. The lowest BCUT2D eigenvalue weighted by Gasteiger charge is -2.29. The molecule has 2 N–H and O–H groups in total. The normalized spacial score (nSPS) is 11.1. The van der Waals surface area contributed by atoms with E-state index in [2.05, 4.69) is 10.6 Å². The largest absolute Gasteiger partial charge is 0.309 e. The van der Waals surface area contributed by atoms with Gasteiger partial charge in [0.25, 0.3) is 0 Å². The number of carbonyl (C=O) groups excluding carboxylic acids is 2. The Kier molecular flexibility index (Phi) is 5.34. The Labute approximate surface area is 85.1 Å². The third kappa shape index (κ3) is 6.56. The number of carbonyl (C=O) groups is 2. The molecular weight excluding hydrogens is 182 g/mol. The van der Waals surface area contributed by atoms with Crippen molar-refractivity contribution >= 4 is 11.7 Å². The van der Waals surface area contributed by atoms with Crippen molar-refractivity contribution in [2.75, 3.05) is 34.5 Å². The van der Waals surface area contributed by atoms with Crippen molar-refractivity contribution in [3.05, 3.63) is 0 Å². The van der Waals surface area contributed by atoms with Crippen LogP contribution in [0.5, 0.6) is 0 Å². The molecule has 0 aliphatic carbocycles. The lowest BCUT2D eigenvalue weighted by molar-refractivity contribution is -0.894. The van der Waals surface area contributed by atoms with Crippen LogP contribution < -0.4 is 10.6 Å². The van der Waals surface area contributed by atoms with Crippen LogP contribution in [-0.2, 0) is 9.59 Å². The summed E-state index contributed by atoms with van der Waals surface area (Å²) in [5.41, 5.74) is 0. The molecule has 0 aromatic rings. The van der Waals surface area contributed by atoms with E-state index in [1.54, 1.807) is 0 Å². The molecule has 0 saturated carbocycles. The minimum absolute atomic E-state index is 0.0282. The van der Waals surface area contributed by atoms with Crippen LogP contribution in [0.25, 0.3) is 0 Å². The zero-order chi connectivity index (χ0) is 11.2. The molecule has 0 spiro atoms. The predicted octanol–water partition coefficient (Wildman–Crippen LogP) is -0.707. The van der Waals surface area contributed by atoms with Gasteiger partial charge in [0.15, 0.2) is 6.67 Å². The summed E-state index contributed by atoms with van der Waals surface area (Å²) in [6.45, 7) is 2.69. The SMILES string of the molecule is CNC[N+](C)(C)CNC(=O)CC(C)=O. The van der Waals surface area contributed by atoms with E-state index in [-0.39, 0.29) is 18.1 Å². The number of amides is 1. The van der Waals surface area contributed by atoms with Gasteiger partial charge in [-0.05, 0) is 14.0 Å². The second-order valence-corrected chi connectivity index (χ2v) is 4.08. The van der Waals surface area contributed by atoms with Crippen molar-refractivity contribution in [2.24, 2.45) is 0 Å². The van der Waals surface area contributed by atoms with Crippen molar-refractivity contribution < 1.29 is 14.1 Å². The Morgan fingerprint density at radius 2 is 1.79 bits per heavy atom.